The van der Waals surface area contributed by atoms with E-state index in [4.69, 9.17) is 4.74 Å². The zero-order chi connectivity index (χ0) is 18.9. The smallest absolute Gasteiger partial charge is 0.321 e. The van der Waals surface area contributed by atoms with Crippen molar-refractivity contribution in [1.29, 1.82) is 0 Å². The van der Waals surface area contributed by atoms with Gasteiger partial charge in [0.1, 0.15) is 0 Å². The molecule has 2 amide bonds. The van der Waals surface area contributed by atoms with Gasteiger partial charge in [0.15, 0.2) is 0 Å². The minimum Gasteiger partial charge on any atom is -0.378 e. The van der Waals surface area contributed by atoms with Gasteiger partial charge >= 0.3 is 6.03 Å². The van der Waals surface area contributed by atoms with E-state index < -0.39 is 0 Å². The number of hydrogen-bond acceptors (Lipinski definition) is 3. The highest BCUT2D eigenvalue weighted by atomic mass is 16.5. The predicted molar refractivity (Wildman–Crippen MR) is 109 cm³/mol. The molecular weight excluding hydrogens is 338 g/mol. The topological polar surface area (TPSA) is 54.5 Å². The first-order chi connectivity index (χ1) is 13.2. The molecule has 1 aromatic heterocycles. The summed E-state index contributed by atoms with van der Waals surface area (Å²) in [7, 11) is 1.83. The van der Waals surface area contributed by atoms with Crippen molar-refractivity contribution in [3.8, 4) is 0 Å². The van der Waals surface area contributed by atoms with E-state index in [0.29, 0.717) is 6.10 Å². The molecule has 5 nitrogen and oxygen atoms in total. The zero-order valence-electron chi connectivity index (χ0n) is 15.8. The van der Waals surface area contributed by atoms with Gasteiger partial charge < -0.3 is 15.0 Å². The predicted octanol–water partition coefficient (Wildman–Crippen LogP) is 4.67. The van der Waals surface area contributed by atoms with Crippen molar-refractivity contribution < 1.29 is 9.53 Å². The molecule has 0 aliphatic carbocycles. The highest BCUT2D eigenvalue weighted by Gasteiger charge is 2.16. The Kier molecular flexibility index (Phi) is 6.99. The average molecular weight is 365 g/mol. The number of hydrogen-bond donors (Lipinski definition) is 1. The molecule has 1 aliphatic heterocycles. The van der Waals surface area contributed by atoms with Gasteiger partial charge in [-0.3, -0.25) is 4.98 Å². The largest absolute Gasteiger partial charge is 0.378 e. The maximum atomic E-state index is 12.4. The van der Waals surface area contributed by atoms with Crippen molar-refractivity contribution >= 4 is 23.9 Å². The summed E-state index contributed by atoms with van der Waals surface area (Å²) in [6.07, 6.45) is 10.4. The maximum absolute atomic E-state index is 12.4. The van der Waals surface area contributed by atoms with Gasteiger partial charge in [-0.05, 0) is 61.6 Å². The van der Waals surface area contributed by atoms with Gasteiger partial charge in [-0.15, -0.1) is 0 Å². The Labute approximate surface area is 161 Å². The van der Waals surface area contributed by atoms with Gasteiger partial charge in [-0.1, -0.05) is 24.3 Å². The lowest BCUT2D eigenvalue weighted by Gasteiger charge is -2.19. The van der Waals surface area contributed by atoms with E-state index in [9.17, 15) is 4.79 Å². The first kappa shape index (κ1) is 19.1. The second kappa shape index (κ2) is 9.88. The Hall–Kier alpha value is -2.66. The molecule has 5 heteroatoms. The third kappa shape index (κ3) is 6.22. The summed E-state index contributed by atoms with van der Waals surface area (Å²) in [6.45, 7) is 1.61. The minimum absolute atomic E-state index is 0.0896. The molecule has 0 radical (unpaired) electrons. The van der Waals surface area contributed by atoms with Gasteiger partial charge in [0.05, 0.1) is 11.8 Å². The molecule has 1 saturated heterocycles. The van der Waals surface area contributed by atoms with Gasteiger partial charge in [0.2, 0.25) is 0 Å². The molecule has 1 atom stereocenters. The molecule has 2 aromatic rings. The van der Waals surface area contributed by atoms with E-state index in [-0.39, 0.29) is 6.03 Å². The zero-order valence-corrected chi connectivity index (χ0v) is 15.8. The summed E-state index contributed by atoms with van der Waals surface area (Å²) in [5.41, 5.74) is 2.70. The third-order valence-corrected chi connectivity index (χ3v) is 4.66. The average Bonchev–Trinajstić information content (AvgIpc) is 3.21. The second-order valence-corrected chi connectivity index (χ2v) is 6.84. The number of pyridine rings is 1. The fourth-order valence-corrected chi connectivity index (χ4v) is 3.12. The lowest BCUT2D eigenvalue weighted by molar-refractivity contribution is 0.101. The number of rotatable bonds is 7. The van der Waals surface area contributed by atoms with Crippen molar-refractivity contribution in [2.24, 2.45) is 0 Å². The van der Waals surface area contributed by atoms with E-state index in [1.165, 1.54) is 0 Å². The molecule has 27 heavy (non-hydrogen) atoms. The van der Waals surface area contributed by atoms with E-state index in [1.807, 2.05) is 61.7 Å². The number of ether oxygens (including phenoxy) is 1. The van der Waals surface area contributed by atoms with Crippen LogP contribution in [0.3, 0.4) is 0 Å². The van der Waals surface area contributed by atoms with Gasteiger partial charge in [0.25, 0.3) is 0 Å². The minimum atomic E-state index is -0.0896. The van der Waals surface area contributed by atoms with Crippen LogP contribution < -0.4 is 5.32 Å². The Morgan fingerprint density at radius 3 is 3.00 bits per heavy atom. The molecule has 0 spiro atoms. The van der Waals surface area contributed by atoms with Crippen LogP contribution in [0.1, 0.15) is 36.9 Å². The van der Waals surface area contributed by atoms with Gasteiger partial charge in [-0.2, -0.15) is 0 Å². The summed E-state index contributed by atoms with van der Waals surface area (Å²) in [5.74, 6) is 0. The van der Waals surface area contributed by atoms with Crippen molar-refractivity contribution in [3.63, 3.8) is 0 Å². The third-order valence-electron chi connectivity index (χ3n) is 4.66. The standard InChI is InChI=1S/C22H27N3O2/c1-25(15-5-10-21-11-6-16-27-21)22(26)24-20-9-4-7-18(17-20)12-13-19-8-2-3-14-23-19/h2-4,7-9,12-14,17,21H,5-6,10-11,15-16H2,1H3,(H,24,26)/b13-12+/t21-/m1/s1. The number of aromatic nitrogens is 1. The molecule has 3 rings (SSSR count). The number of benzene rings is 1. The Morgan fingerprint density at radius 1 is 1.30 bits per heavy atom. The van der Waals surface area contributed by atoms with Gasteiger partial charge in [0, 0.05) is 32.1 Å². The number of carbonyl (C=O) groups is 1. The monoisotopic (exact) mass is 365 g/mol. The quantitative estimate of drug-likeness (QED) is 0.775. The number of carbonyl (C=O) groups excluding carboxylic acids is 1. The normalized spacial score (nSPS) is 16.6. The highest BCUT2D eigenvalue weighted by Crippen LogP contribution is 2.17. The van der Waals surface area contributed by atoms with E-state index in [1.54, 1.807) is 11.1 Å². The summed E-state index contributed by atoms with van der Waals surface area (Å²) in [4.78, 5) is 18.4. The second-order valence-electron chi connectivity index (χ2n) is 6.84. The lowest BCUT2D eigenvalue weighted by Crippen LogP contribution is -2.32. The van der Waals surface area contributed by atoms with Crippen LogP contribution >= 0.6 is 0 Å². The molecule has 1 aromatic carbocycles. The summed E-state index contributed by atoms with van der Waals surface area (Å²) >= 11 is 0. The van der Waals surface area contributed by atoms with E-state index in [0.717, 1.165) is 55.8 Å². The number of nitrogens with one attached hydrogen (secondary N) is 1. The Bertz CT molecular complexity index is 755. The molecule has 1 fully saturated rings. The maximum Gasteiger partial charge on any atom is 0.321 e. The van der Waals surface area contributed by atoms with Crippen LogP contribution in [0.2, 0.25) is 0 Å². The highest BCUT2D eigenvalue weighted by molar-refractivity contribution is 5.89. The van der Waals surface area contributed by atoms with Crippen LogP contribution in [0.5, 0.6) is 0 Å². The number of urea groups is 1. The molecule has 2 heterocycles. The number of amides is 2. The summed E-state index contributed by atoms with van der Waals surface area (Å²) < 4.78 is 5.63. The first-order valence-electron chi connectivity index (χ1n) is 9.53. The van der Waals surface area contributed by atoms with Crippen molar-refractivity contribution in [2.45, 2.75) is 31.8 Å². The van der Waals surface area contributed by atoms with Crippen molar-refractivity contribution in [2.75, 3.05) is 25.5 Å². The molecule has 142 valence electrons. The van der Waals surface area contributed by atoms with Crippen LogP contribution in [0, 0.1) is 0 Å². The van der Waals surface area contributed by atoms with Crippen LogP contribution in [0.15, 0.2) is 48.7 Å². The van der Waals surface area contributed by atoms with E-state index >= 15 is 0 Å². The van der Waals surface area contributed by atoms with Crippen LogP contribution in [0.25, 0.3) is 12.2 Å². The Balaban J connectivity index is 1.49. The number of anilines is 1. The lowest BCUT2D eigenvalue weighted by atomic mass is 10.1. The molecule has 1 N–H and O–H groups in total. The van der Waals surface area contributed by atoms with Crippen LogP contribution in [0.4, 0.5) is 10.5 Å². The molecule has 0 saturated carbocycles. The van der Waals surface area contributed by atoms with Crippen molar-refractivity contribution in [1.82, 2.24) is 9.88 Å². The van der Waals surface area contributed by atoms with Gasteiger partial charge in [-0.25, -0.2) is 4.79 Å². The summed E-state index contributed by atoms with van der Waals surface area (Å²) in [5, 5.41) is 2.96. The fourth-order valence-electron chi connectivity index (χ4n) is 3.12. The molecule has 1 aliphatic rings. The Morgan fingerprint density at radius 2 is 2.22 bits per heavy atom. The van der Waals surface area contributed by atoms with Crippen LogP contribution in [-0.4, -0.2) is 42.2 Å². The molecule has 0 bridgehead atoms. The van der Waals surface area contributed by atoms with E-state index in [2.05, 4.69) is 10.3 Å². The number of nitrogens with zero attached hydrogens (tertiary/aromatic N) is 2. The first-order valence-corrected chi connectivity index (χ1v) is 9.53. The fraction of sp³-hybridized carbons (Fsp3) is 0.364. The SMILES string of the molecule is CN(CCC[C@@H]1CCCO1)C(=O)Nc1cccc(/C=C/c2ccccn2)c1. The molecule has 0 unspecified atom stereocenters. The van der Waals surface area contributed by atoms with Crippen molar-refractivity contribution in [3.05, 3.63) is 59.9 Å². The van der Waals surface area contributed by atoms with Crippen LogP contribution in [-0.2, 0) is 4.74 Å². The molecular formula is C22H27N3O2. The summed E-state index contributed by atoms with van der Waals surface area (Å²) in [6, 6.07) is 13.5.